The fourth-order valence-electron chi connectivity index (χ4n) is 3.74. The number of ether oxygens (including phenoxy) is 4. The maximum absolute atomic E-state index is 12.9. The van der Waals surface area contributed by atoms with Crippen molar-refractivity contribution in [2.75, 3.05) is 21.3 Å². The molecule has 0 atom stereocenters. The predicted octanol–water partition coefficient (Wildman–Crippen LogP) is 6.12. The van der Waals surface area contributed by atoms with Gasteiger partial charge in [0.25, 0.3) is 0 Å². The number of halogens is 2. The Balaban J connectivity index is 1.84. The summed E-state index contributed by atoms with van der Waals surface area (Å²) >= 11 is 9.67. The highest BCUT2D eigenvalue weighted by molar-refractivity contribution is 9.10. The highest BCUT2D eigenvalue weighted by Crippen LogP contribution is 2.34. The maximum atomic E-state index is 12.9. The quantitative estimate of drug-likeness (QED) is 0.230. The van der Waals surface area contributed by atoms with E-state index in [1.54, 1.807) is 61.7 Å². The smallest absolute Gasteiger partial charge is 0.357 e. The molecule has 1 aromatic heterocycles. The zero-order valence-electron chi connectivity index (χ0n) is 20.2. The molecule has 0 unspecified atom stereocenters. The van der Waals surface area contributed by atoms with E-state index in [2.05, 4.69) is 21.0 Å². The van der Waals surface area contributed by atoms with Gasteiger partial charge in [-0.2, -0.15) is 5.10 Å². The third-order valence-corrected chi connectivity index (χ3v) is 6.27. The molecule has 0 radical (unpaired) electrons. The fraction of sp³-hybridized carbons (Fsp3) is 0.148. The molecule has 37 heavy (non-hydrogen) atoms. The van der Waals surface area contributed by atoms with Gasteiger partial charge in [-0.25, -0.2) is 14.3 Å². The molecular formula is C27H22BrClN2O6. The number of para-hydroxylation sites is 1. The number of methoxy groups -OCH3 is 3. The summed E-state index contributed by atoms with van der Waals surface area (Å²) < 4.78 is 23.7. The first-order chi connectivity index (χ1) is 17.9. The van der Waals surface area contributed by atoms with Crippen LogP contribution in [-0.2, 0) is 16.1 Å². The number of carbonyl (C=O) groups is 2. The molecular weight excluding hydrogens is 564 g/mol. The standard InChI is InChI=1S/C27H22BrClN2O6/c1-34-21-11-9-16(13-17(21)15-37-22-12-10-18(28)14-20(22)29)24-23(26(32)35-2)25(27(33)36-3)31(30-24)19-7-5-4-6-8-19/h4-14H,15H2,1-3H3. The van der Waals surface area contributed by atoms with Crippen molar-refractivity contribution < 1.29 is 28.5 Å². The van der Waals surface area contributed by atoms with E-state index in [0.717, 1.165) is 4.47 Å². The number of rotatable bonds is 8. The van der Waals surface area contributed by atoms with Crippen molar-refractivity contribution in [2.45, 2.75) is 6.61 Å². The summed E-state index contributed by atoms with van der Waals surface area (Å²) in [6.07, 6.45) is 0. The Morgan fingerprint density at radius 3 is 2.27 bits per heavy atom. The minimum absolute atomic E-state index is 0.0220. The molecule has 3 aromatic carbocycles. The van der Waals surface area contributed by atoms with Crippen LogP contribution in [0.5, 0.6) is 11.5 Å². The van der Waals surface area contributed by atoms with Crippen molar-refractivity contribution in [3.05, 3.63) is 93.0 Å². The molecule has 0 aliphatic rings. The average molecular weight is 586 g/mol. The topological polar surface area (TPSA) is 88.9 Å². The summed E-state index contributed by atoms with van der Waals surface area (Å²) in [4.78, 5) is 25.8. The zero-order valence-corrected chi connectivity index (χ0v) is 22.5. The molecule has 4 aromatic rings. The molecule has 8 nitrogen and oxygen atoms in total. The molecule has 10 heteroatoms. The minimum atomic E-state index is -0.732. The number of nitrogens with zero attached hydrogens (tertiary/aromatic N) is 2. The van der Waals surface area contributed by atoms with Crippen LogP contribution < -0.4 is 9.47 Å². The van der Waals surface area contributed by atoms with E-state index in [4.69, 9.17) is 30.5 Å². The second-order valence-corrected chi connectivity index (χ2v) is 9.02. The molecule has 190 valence electrons. The summed E-state index contributed by atoms with van der Waals surface area (Å²) in [6.45, 7) is 0.120. The molecule has 1 heterocycles. The van der Waals surface area contributed by atoms with E-state index in [9.17, 15) is 9.59 Å². The first-order valence-electron chi connectivity index (χ1n) is 11.0. The van der Waals surface area contributed by atoms with Gasteiger partial charge in [0.2, 0.25) is 0 Å². The summed E-state index contributed by atoms with van der Waals surface area (Å²) in [5, 5.41) is 5.08. The summed E-state index contributed by atoms with van der Waals surface area (Å²) in [7, 11) is 4.02. The Morgan fingerprint density at radius 2 is 1.62 bits per heavy atom. The van der Waals surface area contributed by atoms with Crippen LogP contribution in [0.15, 0.2) is 71.2 Å². The first kappa shape index (κ1) is 26.2. The third kappa shape index (κ3) is 5.47. The second-order valence-electron chi connectivity index (χ2n) is 7.69. The lowest BCUT2D eigenvalue weighted by Crippen LogP contribution is -2.15. The molecule has 0 saturated carbocycles. The maximum Gasteiger partial charge on any atom is 0.357 e. The van der Waals surface area contributed by atoms with Gasteiger partial charge >= 0.3 is 11.9 Å². The Labute approximate surface area is 226 Å². The molecule has 0 aliphatic carbocycles. The monoisotopic (exact) mass is 584 g/mol. The van der Waals surface area contributed by atoms with Gasteiger partial charge in [-0.1, -0.05) is 45.7 Å². The lowest BCUT2D eigenvalue weighted by atomic mass is 10.0. The number of hydrogen-bond acceptors (Lipinski definition) is 7. The molecule has 0 N–H and O–H groups in total. The van der Waals surface area contributed by atoms with Crippen LogP contribution in [0, 0.1) is 0 Å². The third-order valence-electron chi connectivity index (χ3n) is 5.49. The highest BCUT2D eigenvalue weighted by Gasteiger charge is 2.31. The Bertz CT molecular complexity index is 1460. The van der Waals surface area contributed by atoms with Crippen LogP contribution in [0.4, 0.5) is 0 Å². The van der Waals surface area contributed by atoms with Crippen molar-refractivity contribution in [3.8, 4) is 28.4 Å². The number of esters is 2. The van der Waals surface area contributed by atoms with Crippen molar-refractivity contribution in [2.24, 2.45) is 0 Å². The van der Waals surface area contributed by atoms with Crippen LogP contribution in [0.2, 0.25) is 5.02 Å². The van der Waals surface area contributed by atoms with Gasteiger partial charge in [-0.15, -0.1) is 0 Å². The number of aromatic nitrogens is 2. The van der Waals surface area contributed by atoms with Gasteiger partial charge in [-0.05, 0) is 48.5 Å². The van der Waals surface area contributed by atoms with E-state index in [1.165, 1.54) is 18.9 Å². The van der Waals surface area contributed by atoms with E-state index >= 15 is 0 Å². The summed E-state index contributed by atoms with van der Waals surface area (Å²) in [6, 6.07) is 19.5. The van der Waals surface area contributed by atoms with Gasteiger partial charge in [0.1, 0.15) is 29.4 Å². The van der Waals surface area contributed by atoms with Crippen molar-refractivity contribution in [3.63, 3.8) is 0 Å². The van der Waals surface area contributed by atoms with Crippen LogP contribution in [-0.4, -0.2) is 43.0 Å². The molecule has 0 bridgehead atoms. The molecule has 0 fully saturated rings. The number of hydrogen-bond donors (Lipinski definition) is 0. The molecule has 0 aliphatic heterocycles. The Kier molecular flexibility index (Phi) is 8.15. The molecule has 0 saturated heterocycles. The lowest BCUT2D eigenvalue weighted by Gasteiger charge is -2.13. The predicted molar refractivity (Wildman–Crippen MR) is 142 cm³/mol. The first-order valence-corrected chi connectivity index (χ1v) is 12.1. The normalized spacial score (nSPS) is 10.6. The minimum Gasteiger partial charge on any atom is -0.496 e. The molecule has 4 rings (SSSR count). The summed E-state index contributed by atoms with van der Waals surface area (Å²) in [5.74, 6) is -0.404. The van der Waals surface area contributed by atoms with Gasteiger partial charge in [0.05, 0.1) is 32.0 Å². The van der Waals surface area contributed by atoms with Crippen LogP contribution in [0.1, 0.15) is 26.4 Å². The summed E-state index contributed by atoms with van der Waals surface area (Å²) in [5.41, 5.74) is 1.95. The van der Waals surface area contributed by atoms with Crippen molar-refractivity contribution in [1.29, 1.82) is 0 Å². The van der Waals surface area contributed by atoms with Crippen molar-refractivity contribution >= 4 is 39.5 Å². The van der Waals surface area contributed by atoms with E-state index in [1.807, 2.05) is 12.1 Å². The van der Waals surface area contributed by atoms with E-state index in [-0.39, 0.29) is 23.6 Å². The van der Waals surface area contributed by atoms with Gasteiger partial charge in [-0.3, -0.25) is 0 Å². The van der Waals surface area contributed by atoms with Gasteiger partial charge < -0.3 is 18.9 Å². The molecule has 0 spiro atoms. The largest absolute Gasteiger partial charge is 0.496 e. The zero-order chi connectivity index (χ0) is 26.5. The Morgan fingerprint density at radius 1 is 0.919 bits per heavy atom. The average Bonchev–Trinajstić information content (AvgIpc) is 3.33. The van der Waals surface area contributed by atoms with Crippen molar-refractivity contribution in [1.82, 2.24) is 9.78 Å². The SMILES string of the molecule is COC(=O)c1c(-c2ccc(OC)c(COc3ccc(Br)cc3Cl)c2)nn(-c2ccccc2)c1C(=O)OC. The second kappa shape index (κ2) is 11.5. The number of carbonyl (C=O) groups excluding carboxylic acids is 2. The lowest BCUT2D eigenvalue weighted by molar-refractivity contribution is 0.0549. The van der Waals surface area contributed by atoms with Gasteiger partial charge in [0, 0.05) is 15.6 Å². The van der Waals surface area contributed by atoms with E-state index in [0.29, 0.717) is 33.3 Å². The van der Waals surface area contributed by atoms with E-state index < -0.39 is 11.9 Å². The number of benzene rings is 3. The molecule has 0 amide bonds. The van der Waals surface area contributed by atoms with Crippen LogP contribution >= 0.6 is 27.5 Å². The van der Waals surface area contributed by atoms with Crippen LogP contribution in [0.3, 0.4) is 0 Å². The highest BCUT2D eigenvalue weighted by atomic mass is 79.9. The fourth-order valence-corrected chi connectivity index (χ4v) is 4.47. The van der Waals surface area contributed by atoms with Gasteiger partial charge in [0.15, 0.2) is 5.69 Å². The Hall–Kier alpha value is -3.82. The van der Waals surface area contributed by atoms with Crippen LogP contribution in [0.25, 0.3) is 16.9 Å².